The molecule has 1 aliphatic heterocycles. The summed E-state index contributed by atoms with van der Waals surface area (Å²) >= 11 is 0. The van der Waals surface area contributed by atoms with Crippen LogP contribution in [0.5, 0.6) is 11.5 Å². The highest BCUT2D eigenvalue weighted by atomic mass is 19.4. The van der Waals surface area contributed by atoms with Crippen molar-refractivity contribution in [3.8, 4) is 22.6 Å². The summed E-state index contributed by atoms with van der Waals surface area (Å²) in [7, 11) is 1.68. The van der Waals surface area contributed by atoms with Gasteiger partial charge in [-0.15, -0.1) is 0 Å². The third kappa shape index (κ3) is 5.08. The Morgan fingerprint density at radius 3 is 2.62 bits per heavy atom. The molecule has 4 aromatic rings. The van der Waals surface area contributed by atoms with E-state index in [1.165, 1.54) is 0 Å². The zero-order valence-corrected chi connectivity index (χ0v) is 17.8. The Bertz CT molecular complexity index is 1310. The van der Waals surface area contributed by atoms with Gasteiger partial charge in [0.1, 0.15) is 11.5 Å². The fourth-order valence-electron chi connectivity index (χ4n) is 3.50. The van der Waals surface area contributed by atoms with Gasteiger partial charge in [0.25, 0.3) is 0 Å². The van der Waals surface area contributed by atoms with Gasteiger partial charge in [-0.3, -0.25) is 10.1 Å². The van der Waals surface area contributed by atoms with E-state index >= 15 is 0 Å². The number of carbonyl (C=O) groups is 1. The van der Waals surface area contributed by atoms with E-state index in [2.05, 4.69) is 15.2 Å². The van der Waals surface area contributed by atoms with Crippen LogP contribution in [0.25, 0.3) is 22.2 Å². The van der Waals surface area contributed by atoms with Crippen LogP contribution in [0.15, 0.2) is 55.0 Å². The van der Waals surface area contributed by atoms with E-state index in [0.717, 1.165) is 51.3 Å². The number of aromatic amines is 1. The van der Waals surface area contributed by atoms with E-state index in [-0.39, 0.29) is 5.92 Å². The van der Waals surface area contributed by atoms with Crippen LogP contribution in [0, 0.1) is 0 Å². The van der Waals surface area contributed by atoms with Crippen molar-refractivity contribution in [2.45, 2.75) is 18.5 Å². The summed E-state index contributed by atoms with van der Waals surface area (Å²) in [5, 5.41) is 14.0. The molecule has 2 N–H and O–H groups in total. The monoisotopic (exact) mass is 472 g/mol. The summed E-state index contributed by atoms with van der Waals surface area (Å²) in [5.74, 6) is -0.817. The van der Waals surface area contributed by atoms with E-state index < -0.39 is 12.1 Å². The summed E-state index contributed by atoms with van der Waals surface area (Å²) in [6.07, 6.45) is 1.31. The van der Waals surface area contributed by atoms with E-state index in [9.17, 15) is 13.2 Å². The van der Waals surface area contributed by atoms with Gasteiger partial charge in [-0.2, -0.15) is 18.3 Å². The predicted octanol–water partition coefficient (Wildman–Crippen LogP) is 4.38. The number of nitrogens with zero attached hydrogens (tertiary/aromatic N) is 3. The SMILES string of the molecule is COc1ccc2c(c1)CC(c1cnc3cc(-c4cn[nH]c4)ccc3n1)CO2.O=C(O)C(F)(F)F. The lowest BCUT2D eigenvalue weighted by atomic mass is 9.94. The number of benzene rings is 2. The molecule has 0 saturated heterocycles. The standard InChI is InChI=1S/C21H18N4O2.C2HF3O2/c1-26-17-3-5-21-14(7-17)6-15(12-27-21)20-11-22-19-8-13(2-4-18(19)25-20)16-9-23-24-10-16;3-2(4,5)1(6)7/h2-5,7-11,15H,6,12H2,1H3,(H,23,24);(H,6,7). The lowest BCUT2D eigenvalue weighted by molar-refractivity contribution is -0.192. The average Bonchev–Trinajstić information content (AvgIpc) is 3.37. The summed E-state index contributed by atoms with van der Waals surface area (Å²) in [5.41, 5.74) is 5.96. The number of hydrogen-bond acceptors (Lipinski definition) is 6. The molecule has 1 aliphatic rings. The molecule has 1 atom stereocenters. The number of carboxylic acid groups (broad SMARTS) is 1. The second-order valence-corrected chi connectivity index (χ2v) is 7.47. The van der Waals surface area contributed by atoms with Crippen molar-refractivity contribution >= 4 is 17.0 Å². The van der Waals surface area contributed by atoms with Crippen molar-refractivity contribution < 1.29 is 32.5 Å². The average molecular weight is 472 g/mol. The van der Waals surface area contributed by atoms with Gasteiger partial charge in [-0.1, -0.05) is 6.07 Å². The molecule has 11 heteroatoms. The Labute approximate surface area is 191 Å². The quantitative estimate of drug-likeness (QED) is 0.455. The molecule has 176 valence electrons. The summed E-state index contributed by atoms with van der Waals surface area (Å²) in [6, 6.07) is 12.0. The largest absolute Gasteiger partial charge is 0.497 e. The Morgan fingerprint density at radius 1 is 1.15 bits per heavy atom. The number of halogens is 3. The minimum atomic E-state index is -5.08. The molecule has 0 aliphatic carbocycles. The molecular formula is C23H19F3N4O4. The van der Waals surface area contributed by atoms with Crippen molar-refractivity contribution in [1.82, 2.24) is 20.2 Å². The molecular weight excluding hydrogens is 453 g/mol. The number of ether oxygens (including phenoxy) is 2. The molecule has 0 amide bonds. The fraction of sp³-hybridized carbons (Fsp3) is 0.217. The zero-order valence-electron chi connectivity index (χ0n) is 17.8. The molecule has 0 bridgehead atoms. The van der Waals surface area contributed by atoms with Crippen molar-refractivity contribution in [1.29, 1.82) is 0 Å². The third-order valence-corrected chi connectivity index (χ3v) is 5.23. The molecule has 34 heavy (non-hydrogen) atoms. The first kappa shape index (κ1) is 23.0. The highest BCUT2D eigenvalue weighted by Gasteiger charge is 2.38. The van der Waals surface area contributed by atoms with E-state index in [1.54, 1.807) is 13.3 Å². The van der Waals surface area contributed by atoms with Crippen LogP contribution >= 0.6 is 0 Å². The highest BCUT2D eigenvalue weighted by Crippen LogP contribution is 2.34. The molecule has 3 heterocycles. The minimum absolute atomic E-state index is 0.176. The molecule has 0 saturated carbocycles. The summed E-state index contributed by atoms with van der Waals surface area (Å²) < 4.78 is 43.0. The molecule has 1 unspecified atom stereocenters. The van der Waals surface area contributed by atoms with Crippen molar-refractivity contribution in [3.63, 3.8) is 0 Å². The highest BCUT2D eigenvalue weighted by molar-refractivity contribution is 5.81. The van der Waals surface area contributed by atoms with Gasteiger partial charge in [0.2, 0.25) is 0 Å². The normalized spacial score (nSPS) is 15.0. The maximum atomic E-state index is 10.6. The number of hydrogen-bond donors (Lipinski definition) is 2. The van der Waals surface area contributed by atoms with Crippen molar-refractivity contribution in [2.24, 2.45) is 0 Å². The first-order valence-electron chi connectivity index (χ1n) is 10.1. The van der Waals surface area contributed by atoms with Crippen LogP contribution in [-0.2, 0) is 11.2 Å². The van der Waals surface area contributed by atoms with Crippen LogP contribution in [0.1, 0.15) is 17.2 Å². The van der Waals surface area contributed by atoms with Crippen LogP contribution in [-0.4, -0.2) is 51.1 Å². The number of nitrogens with one attached hydrogen (secondary N) is 1. The molecule has 2 aromatic heterocycles. The molecule has 0 radical (unpaired) electrons. The maximum Gasteiger partial charge on any atom is 0.490 e. The van der Waals surface area contributed by atoms with Crippen LogP contribution in [0.3, 0.4) is 0 Å². The van der Waals surface area contributed by atoms with Crippen LogP contribution < -0.4 is 9.47 Å². The van der Waals surface area contributed by atoms with Gasteiger partial charge in [0, 0.05) is 23.9 Å². The van der Waals surface area contributed by atoms with Crippen molar-refractivity contribution in [3.05, 3.63) is 66.2 Å². The number of alkyl halides is 3. The predicted molar refractivity (Wildman–Crippen MR) is 116 cm³/mol. The fourth-order valence-corrected chi connectivity index (χ4v) is 3.50. The molecule has 2 aromatic carbocycles. The number of aliphatic carboxylic acids is 1. The lowest BCUT2D eigenvalue weighted by Gasteiger charge is -2.25. The Kier molecular flexibility index (Phi) is 6.35. The smallest absolute Gasteiger partial charge is 0.490 e. The van der Waals surface area contributed by atoms with Gasteiger partial charge in [0.15, 0.2) is 0 Å². The Hall–Kier alpha value is -4.15. The molecule has 0 fully saturated rings. The number of methoxy groups -OCH3 is 1. The van der Waals surface area contributed by atoms with Gasteiger partial charge >= 0.3 is 12.1 Å². The number of rotatable bonds is 3. The van der Waals surface area contributed by atoms with Gasteiger partial charge in [-0.05, 0) is 47.9 Å². The second-order valence-electron chi connectivity index (χ2n) is 7.47. The van der Waals surface area contributed by atoms with E-state index in [0.29, 0.717) is 6.61 Å². The lowest BCUT2D eigenvalue weighted by Crippen LogP contribution is -2.21. The van der Waals surface area contributed by atoms with Gasteiger partial charge in [0.05, 0.1) is 36.6 Å². The molecule has 8 nitrogen and oxygen atoms in total. The first-order valence-corrected chi connectivity index (χ1v) is 10.1. The Morgan fingerprint density at radius 2 is 1.94 bits per heavy atom. The molecule has 0 spiro atoms. The third-order valence-electron chi connectivity index (χ3n) is 5.23. The first-order chi connectivity index (χ1) is 16.2. The number of fused-ring (bicyclic) bond motifs is 2. The van der Waals surface area contributed by atoms with Crippen LogP contribution in [0.2, 0.25) is 0 Å². The van der Waals surface area contributed by atoms with Gasteiger partial charge in [-0.25, -0.2) is 9.78 Å². The molecule has 5 rings (SSSR count). The van der Waals surface area contributed by atoms with E-state index in [1.807, 2.05) is 48.8 Å². The van der Waals surface area contributed by atoms with Crippen LogP contribution in [0.4, 0.5) is 13.2 Å². The summed E-state index contributed by atoms with van der Waals surface area (Å²) in [6.45, 7) is 0.604. The maximum absolute atomic E-state index is 10.6. The summed E-state index contributed by atoms with van der Waals surface area (Å²) in [4.78, 5) is 18.4. The number of carboxylic acids is 1. The topological polar surface area (TPSA) is 110 Å². The second kappa shape index (κ2) is 9.38. The van der Waals surface area contributed by atoms with E-state index in [4.69, 9.17) is 24.4 Å². The minimum Gasteiger partial charge on any atom is -0.497 e. The zero-order chi connectivity index (χ0) is 24.3. The number of H-pyrrole nitrogens is 1. The Balaban J connectivity index is 0.000000344. The number of aromatic nitrogens is 4. The van der Waals surface area contributed by atoms with Crippen molar-refractivity contribution in [2.75, 3.05) is 13.7 Å². The van der Waals surface area contributed by atoms with Gasteiger partial charge < -0.3 is 14.6 Å².